The summed E-state index contributed by atoms with van der Waals surface area (Å²) in [5.74, 6) is 1.30. The first-order chi connectivity index (χ1) is 8.97. The van der Waals surface area contributed by atoms with E-state index in [1.54, 1.807) is 6.07 Å². The van der Waals surface area contributed by atoms with Crippen molar-refractivity contribution in [2.24, 2.45) is 5.73 Å². The van der Waals surface area contributed by atoms with Crippen molar-refractivity contribution >= 4 is 21.8 Å². The van der Waals surface area contributed by atoms with Crippen molar-refractivity contribution in [2.75, 3.05) is 0 Å². The van der Waals surface area contributed by atoms with E-state index in [9.17, 15) is 0 Å². The lowest BCUT2D eigenvalue weighted by Gasteiger charge is -2.12. The Balaban J connectivity index is 2.43. The number of nitrogens with two attached hydrogens (primary N) is 1. The van der Waals surface area contributed by atoms with Gasteiger partial charge < -0.3 is 10.5 Å². The molecule has 0 amide bonds. The zero-order valence-corrected chi connectivity index (χ0v) is 12.4. The van der Waals surface area contributed by atoms with E-state index in [4.69, 9.17) is 15.9 Å². The minimum absolute atomic E-state index is 0.0214. The number of halogens is 1. The van der Waals surface area contributed by atoms with Crippen molar-refractivity contribution in [3.63, 3.8) is 0 Å². The summed E-state index contributed by atoms with van der Waals surface area (Å²) in [7, 11) is 0. The molecular weight excluding hydrogens is 304 g/mol. The van der Waals surface area contributed by atoms with Gasteiger partial charge in [0.05, 0.1) is 5.56 Å². The largest absolute Gasteiger partial charge is 0.457 e. The fourth-order valence-corrected chi connectivity index (χ4v) is 2.53. The van der Waals surface area contributed by atoms with Crippen LogP contribution in [0.15, 0.2) is 40.9 Å². The standard InChI is InChI=1S/C15H15BrN2O/c1-9-6-10(2)8-11(7-9)19-13-5-3-4-12(16)14(13)15(17)18/h3-8H,1-2H3,(H3,17,18). The number of aryl methyl sites for hydroxylation is 2. The van der Waals surface area contributed by atoms with Gasteiger partial charge in [-0.25, -0.2) is 0 Å². The average Bonchev–Trinajstić information content (AvgIpc) is 2.26. The van der Waals surface area contributed by atoms with E-state index in [0.29, 0.717) is 11.3 Å². The second-order valence-electron chi connectivity index (χ2n) is 4.45. The maximum absolute atomic E-state index is 7.64. The van der Waals surface area contributed by atoms with Crippen molar-refractivity contribution < 1.29 is 4.74 Å². The third-order valence-corrected chi connectivity index (χ3v) is 3.33. The molecule has 0 spiro atoms. The highest BCUT2D eigenvalue weighted by atomic mass is 79.9. The Kier molecular flexibility index (Phi) is 3.90. The van der Waals surface area contributed by atoms with Crippen LogP contribution < -0.4 is 10.5 Å². The van der Waals surface area contributed by atoms with Gasteiger partial charge in [-0.1, -0.05) is 12.1 Å². The van der Waals surface area contributed by atoms with E-state index in [2.05, 4.69) is 22.0 Å². The first-order valence-electron chi connectivity index (χ1n) is 5.86. The van der Waals surface area contributed by atoms with Gasteiger partial charge in [0.1, 0.15) is 17.3 Å². The second-order valence-corrected chi connectivity index (χ2v) is 5.31. The molecule has 0 atom stereocenters. The Hall–Kier alpha value is -1.81. The number of amidine groups is 1. The first kappa shape index (κ1) is 13.6. The Morgan fingerprint density at radius 3 is 2.37 bits per heavy atom. The summed E-state index contributed by atoms with van der Waals surface area (Å²) in [4.78, 5) is 0. The lowest BCUT2D eigenvalue weighted by atomic mass is 10.1. The monoisotopic (exact) mass is 318 g/mol. The molecule has 3 nitrogen and oxygen atoms in total. The number of hydrogen-bond acceptors (Lipinski definition) is 2. The fraction of sp³-hybridized carbons (Fsp3) is 0.133. The van der Waals surface area contributed by atoms with Gasteiger partial charge in [-0.05, 0) is 65.2 Å². The summed E-state index contributed by atoms with van der Waals surface area (Å²) in [6.45, 7) is 4.04. The third kappa shape index (κ3) is 3.15. The van der Waals surface area contributed by atoms with Crippen LogP contribution in [0.5, 0.6) is 11.5 Å². The number of rotatable bonds is 3. The molecule has 0 saturated heterocycles. The number of ether oxygens (including phenoxy) is 1. The van der Waals surface area contributed by atoms with Crippen LogP contribution in [0, 0.1) is 19.3 Å². The van der Waals surface area contributed by atoms with E-state index in [1.165, 1.54) is 0 Å². The molecule has 98 valence electrons. The molecule has 4 heteroatoms. The van der Waals surface area contributed by atoms with Gasteiger partial charge in [0.15, 0.2) is 0 Å². The molecule has 0 fully saturated rings. The zero-order chi connectivity index (χ0) is 14.0. The Morgan fingerprint density at radius 2 is 1.79 bits per heavy atom. The summed E-state index contributed by atoms with van der Waals surface area (Å²) >= 11 is 3.39. The zero-order valence-electron chi connectivity index (χ0n) is 10.8. The van der Waals surface area contributed by atoms with Crippen molar-refractivity contribution in [2.45, 2.75) is 13.8 Å². The first-order valence-corrected chi connectivity index (χ1v) is 6.65. The molecule has 0 unspecified atom stereocenters. The molecule has 0 aliphatic rings. The number of hydrogen-bond donors (Lipinski definition) is 2. The smallest absolute Gasteiger partial charge is 0.139 e. The molecule has 2 rings (SSSR count). The number of nitrogens with one attached hydrogen (secondary N) is 1. The number of nitrogen functional groups attached to an aromatic ring is 1. The summed E-state index contributed by atoms with van der Waals surface area (Å²) < 4.78 is 6.61. The van der Waals surface area contributed by atoms with Crippen molar-refractivity contribution in [3.05, 3.63) is 57.6 Å². The van der Waals surface area contributed by atoms with Gasteiger partial charge in [0, 0.05) is 4.47 Å². The van der Waals surface area contributed by atoms with E-state index < -0.39 is 0 Å². The predicted octanol–water partition coefficient (Wildman–Crippen LogP) is 4.14. The average molecular weight is 319 g/mol. The van der Waals surface area contributed by atoms with Crippen LogP contribution in [-0.4, -0.2) is 5.84 Å². The lowest BCUT2D eigenvalue weighted by molar-refractivity contribution is 0.480. The van der Waals surface area contributed by atoms with Crippen LogP contribution >= 0.6 is 15.9 Å². The fourth-order valence-electron chi connectivity index (χ4n) is 1.97. The van der Waals surface area contributed by atoms with Crippen LogP contribution in [0.1, 0.15) is 16.7 Å². The molecule has 0 heterocycles. The third-order valence-electron chi connectivity index (χ3n) is 2.67. The molecule has 0 radical (unpaired) electrons. The molecule has 0 aromatic heterocycles. The molecule has 2 aromatic carbocycles. The molecule has 3 N–H and O–H groups in total. The van der Waals surface area contributed by atoms with Crippen LogP contribution in [-0.2, 0) is 0 Å². The minimum Gasteiger partial charge on any atom is -0.457 e. The molecule has 0 aliphatic heterocycles. The molecular formula is C15H15BrN2O. The normalized spacial score (nSPS) is 10.3. The Morgan fingerprint density at radius 1 is 1.16 bits per heavy atom. The van der Waals surface area contributed by atoms with Gasteiger partial charge in [-0.3, -0.25) is 5.41 Å². The van der Waals surface area contributed by atoms with Gasteiger partial charge in [-0.2, -0.15) is 0 Å². The molecule has 0 saturated carbocycles. The topological polar surface area (TPSA) is 59.1 Å². The van der Waals surface area contributed by atoms with E-state index in [-0.39, 0.29) is 5.84 Å². The molecule has 0 bridgehead atoms. The van der Waals surface area contributed by atoms with Crippen LogP contribution in [0.3, 0.4) is 0 Å². The Bertz CT molecular complexity index is 618. The lowest BCUT2D eigenvalue weighted by Crippen LogP contribution is -2.13. The van der Waals surface area contributed by atoms with E-state index in [0.717, 1.165) is 21.3 Å². The minimum atomic E-state index is -0.0214. The summed E-state index contributed by atoms with van der Waals surface area (Å²) in [6.07, 6.45) is 0. The summed E-state index contributed by atoms with van der Waals surface area (Å²) in [5, 5.41) is 7.64. The van der Waals surface area contributed by atoms with Crippen molar-refractivity contribution in [1.82, 2.24) is 0 Å². The summed E-state index contributed by atoms with van der Waals surface area (Å²) in [5.41, 5.74) is 8.44. The quantitative estimate of drug-likeness (QED) is 0.660. The summed E-state index contributed by atoms with van der Waals surface area (Å²) in [6, 6.07) is 11.5. The van der Waals surface area contributed by atoms with Gasteiger partial charge >= 0.3 is 0 Å². The highest BCUT2D eigenvalue weighted by Crippen LogP contribution is 2.31. The molecule has 19 heavy (non-hydrogen) atoms. The van der Waals surface area contributed by atoms with Gasteiger partial charge in [-0.15, -0.1) is 0 Å². The predicted molar refractivity (Wildman–Crippen MR) is 81.1 cm³/mol. The van der Waals surface area contributed by atoms with Gasteiger partial charge in [0.25, 0.3) is 0 Å². The van der Waals surface area contributed by atoms with E-state index in [1.807, 2.05) is 38.1 Å². The number of benzene rings is 2. The van der Waals surface area contributed by atoms with Crippen molar-refractivity contribution in [3.8, 4) is 11.5 Å². The highest BCUT2D eigenvalue weighted by Gasteiger charge is 2.11. The van der Waals surface area contributed by atoms with E-state index >= 15 is 0 Å². The Labute approximate surface area is 121 Å². The molecule has 2 aromatic rings. The SMILES string of the molecule is Cc1cc(C)cc(Oc2cccc(Br)c2C(=N)N)c1. The second kappa shape index (κ2) is 5.45. The van der Waals surface area contributed by atoms with Crippen LogP contribution in [0.25, 0.3) is 0 Å². The van der Waals surface area contributed by atoms with Crippen LogP contribution in [0.2, 0.25) is 0 Å². The maximum atomic E-state index is 7.64. The highest BCUT2D eigenvalue weighted by molar-refractivity contribution is 9.10. The maximum Gasteiger partial charge on any atom is 0.139 e. The van der Waals surface area contributed by atoms with Gasteiger partial charge in [0.2, 0.25) is 0 Å². The molecule has 0 aliphatic carbocycles. The van der Waals surface area contributed by atoms with Crippen LogP contribution in [0.4, 0.5) is 0 Å². The van der Waals surface area contributed by atoms with Crippen molar-refractivity contribution in [1.29, 1.82) is 5.41 Å².